The summed E-state index contributed by atoms with van der Waals surface area (Å²) in [5.41, 5.74) is -0.903. The first-order valence-corrected chi connectivity index (χ1v) is 5.66. The van der Waals surface area contributed by atoms with E-state index in [0.29, 0.717) is 5.56 Å². The van der Waals surface area contributed by atoms with Crippen LogP contribution in [0.1, 0.15) is 17.2 Å². The number of carbonyl (C=O) groups is 1. The Balaban J connectivity index is 2.67. The Kier molecular flexibility index (Phi) is 3.60. The van der Waals surface area contributed by atoms with Crippen molar-refractivity contribution in [2.24, 2.45) is 0 Å². The molecule has 0 radical (unpaired) electrons. The highest BCUT2D eigenvalue weighted by Crippen LogP contribution is 2.29. The molecule has 2 rings (SSSR count). The minimum Gasteiger partial charge on any atom is -0.480 e. The minimum absolute atomic E-state index is 0.235. The molecule has 1 heterocycles. The van der Waals surface area contributed by atoms with Gasteiger partial charge in [0.1, 0.15) is 11.6 Å². The molecule has 20 heavy (non-hydrogen) atoms. The molecule has 7 heteroatoms. The zero-order valence-corrected chi connectivity index (χ0v) is 10.1. The molecule has 7 nitrogen and oxygen atoms in total. The quantitative estimate of drug-likeness (QED) is 0.647. The molecule has 0 aliphatic rings. The third kappa shape index (κ3) is 2.56. The Morgan fingerprint density at radius 2 is 1.85 bits per heavy atom. The second-order valence-corrected chi connectivity index (χ2v) is 4.06. The van der Waals surface area contributed by atoms with Gasteiger partial charge in [-0.05, 0) is 5.56 Å². The highest BCUT2D eigenvalue weighted by Gasteiger charge is 2.30. The molecule has 0 bridgehead atoms. The van der Waals surface area contributed by atoms with Gasteiger partial charge in [-0.15, -0.1) is 0 Å². The van der Waals surface area contributed by atoms with E-state index in [1.807, 2.05) is 0 Å². The average Bonchev–Trinajstić information content (AvgIpc) is 2.39. The number of hydrogen-bond acceptors (Lipinski definition) is 4. The van der Waals surface area contributed by atoms with Crippen LogP contribution in [0.5, 0.6) is 0 Å². The minimum atomic E-state index is -1.30. The van der Waals surface area contributed by atoms with Crippen molar-refractivity contribution in [3.8, 4) is 0 Å². The summed E-state index contributed by atoms with van der Waals surface area (Å²) in [7, 11) is 0. The molecule has 102 valence electrons. The van der Waals surface area contributed by atoms with Gasteiger partial charge < -0.3 is 10.1 Å². The van der Waals surface area contributed by atoms with Crippen LogP contribution in [0, 0.1) is 10.1 Å². The lowest BCUT2D eigenvalue weighted by molar-refractivity contribution is -0.386. The third-order valence-electron chi connectivity index (χ3n) is 2.79. The maximum atomic E-state index is 11.4. The summed E-state index contributed by atoms with van der Waals surface area (Å²) in [5.74, 6) is -2.58. The van der Waals surface area contributed by atoms with E-state index in [1.165, 1.54) is 12.1 Å². The number of nitro groups is 1. The number of nitrogens with one attached hydrogen (secondary N) is 1. The molecule has 2 N–H and O–H groups in total. The van der Waals surface area contributed by atoms with E-state index in [2.05, 4.69) is 4.98 Å². The van der Waals surface area contributed by atoms with Gasteiger partial charge in [0.05, 0.1) is 4.92 Å². The van der Waals surface area contributed by atoms with Crippen molar-refractivity contribution in [3.05, 3.63) is 74.2 Å². The van der Waals surface area contributed by atoms with Crippen LogP contribution >= 0.6 is 0 Å². The van der Waals surface area contributed by atoms with Crippen LogP contribution in [-0.2, 0) is 4.79 Å². The number of aliphatic carboxylic acids is 1. The van der Waals surface area contributed by atoms with Crippen LogP contribution in [0.2, 0.25) is 0 Å². The molecule has 0 fully saturated rings. The molecule has 2 aromatic rings. The molecule has 0 spiro atoms. The van der Waals surface area contributed by atoms with Crippen LogP contribution < -0.4 is 5.56 Å². The number of rotatable bonds is 4. The second kappa shape index (κ2) is 5.35. The van der Waals surface area contributed by atoms with Gasteiger partial charge in [-0.3, -0.25) is 19.7 Å². The van der Waals surface area contributed by atoms with Crippen molar-refractivity contribution in [2.45, 2.75) is 5.92 Å². The first-order chi connectivity index (χ1) is 9.50. The lowest BCUT2D eigenvalue weighted by atomic mass is 9.94. The summed E-state index contributed by atoms with van der Waals surface area (Å²) in [4.78, 5) is 35.3. The van der Waals surface area contributed by atoms with E-state index < -0.39 is 28.1 Å². The lowest BCUT2D eigenvalue weighted by Crippen LogP contribution is -2.20. The molecule has 1 unspecified atom stereocenters. The highest BCUT2D eigenvalue weighted by molar-refractivity contribution is 5.81. The van der Waals surface area contributed by atoms with Crippen molar-refractivity contribution in [1.29, 1.82) is 0 Å². The summed E-state index contributed by atoms with van der Waals surface area (Å²) in [6.07, 6.45) is 0. The fourth-order valence-corrected chi connectivity index (χ4v) is 1.94. The summed E-state index contributed by atoms with van der Waals surface area (Å²) in [6, 6.07) is 10.0. The number of carboxylic acids is 1. The van der Waals surface area contributed by atoms with E-state index in [1.54, 1.807) is 18.2 Å². The Hall–Kier alpha value is -2.96. The van der Waals surface area contributed by atoms with Gasteiger partial charge >= 0.3 is 5.97 Å². The smallest absolute Gasteiger partial charge is 0.317 e. The monoisotopic (exact) mass is 274 g/mol. The average molecular weight is 274 g/mol. The molecular weight excluding hydrogens is 264 g/mol. The second-order valence-electron chi connectivity index (χ2n) is 4.06. The molecule has 0 amide bonds. The Morgan fingerprint density at radius 1 is 1.20 bits per heavy atom. The number of aromatic amines is 1. The number of carboxylic acid groups (broad SMARTS) is 1. The first kappa shape index (κ1) is 13.5. The summed E-state index contributed by atoms with van der Waals surface area (Å²) >= 11 is 0. The van der Waals surface area contributed by atoms with Gasteiger partial charge in [-0.2, -0.15) is 0 Å². The molecular formula is C13H10N2O5. The number of benzene rings is 1. The first-order valence-electron chi connectivity index (χ1n) is 5.66. The van der Waals surface area contributed by atoms with E-state index >= 15 is 0 Å². The van der Waals surface area contributed by atoms with Gasteiger partial charge in [-0.25, -0.2) is 0 Å². The molecule has 1 atom stereocenters. The van der Waals surface area contributed by atoms with E-state index in [9.17, 15) is 24.8 Å². The molecule has 1 aromatic carbocycles. The van der Waals surface area contributed by atoms with E-state index in [4.69, 9.17) is 0 Å². The van der Waals surface area contributed by atoms with Crippen molar-refractivity contribution in [3.63, 3.8) is 0 Å². The Morgan fingerprint density at radius 3 is 2.40 bits per heavy atom. The predicted octanol–water partition coefficient (Wildman–Crippen LogP) is 1.50. The molecule has 1 aromatic heterocycles. The molecule has 0 saturated carbocycles. The maximum absolute atomic E-state index is 11.4. The third-order valence-corrected chi connectivity index (χ3v) is 2.79. The fourth-order valence-electron chi connectivity index (χ4n) is 1.94. The zero-order chi connectivity index (χ0) is 14.7. The van der Waals surface area contributed by atoms with Crippen LogP contribution in [0.3, 0.4) is 0 Å². The number of nitrogens with zero attached hydrogens (tertiary/aromatic N) is 1. The molecule has 0 aliphatic heterocycles. The van der Waals surface area contributed by atoms with Crippen molar-refractivity contribution < 1.29 is 14.8 Å². The standard InChI is InChI=1S/C13H10N2O5/c16-10-7-6-9(15(19)20)12(14-10)11(13(17)18)8-4-2-1-3-5-8/h1-7,11H,(H,14,16)(H,17,18). The van der Waals surface area contributed by atoms with Gasteiger partial charge in [0, 0.05) is 12.1 Å². The lowest BCUT2D eigenvalue weighted by Gasteiger charge is -2.12. The predicted molar refractivity (Wildman–Crippen MR) is 69.6 cm³/mol. The van der Waals surface area contributed by atoms with Crippen molar-refractivity contribution >= 4 is 11.7 Å². The Labute approximate surface area is 112 Å². The number of pyridine rings is 1. The topological polar surface area (TPSA) is 113 Å². The number of aromatic nitrogens is 1. The normalized spacial score (nSPS) is 11.8. The number of hydrogen-bond donors (Lipinski definition) is 2. The van der Waals surface area contributed by atoms with Gasteiger partial charge in [0.2, 0.25) is 5.56 Å². The maximum Gasteiger partial charge on any atom is 0.317 e. The summed E-state index contributed by atoms with van der Waals surface area (Å²) < 4.78 is 0. The van der Waals surface area contributed by atoms with Crippen molar-refractivity contribution in [2.75, 3.05) is 0 Å². The fraction of sp³-hybridized carbons (Fsp3) is 0.0769. The summed E-state index contributed by atoms with van der Waals surface area (Å²) in [6.45, 7) is 0. The van der Waals surface area contributed by atoms with Crippen LogP contribution in [0.25, 0.3) is 0 Å². The van der Waals surface area contributed by atoms with Gasteiger partial charge in [0.15, 0.2) is 0 Å². The Bertz CT molecular complexity index is 708. The van der Waals surface area contributed by atoms with Crippen molar-refractivity contribution in [1.82, 2.24) is 4.98 Å². The van der Waals surface area contributed by atoms with Crippen LogP contribution in [-0.4, -0.2) is 21.0 Å². The van der Waals surface area contributed by atoms with Gasteiger partial charge in [0.25, 0.3) is 5.69 Å². The zero-order valence-electron chi connectivity index (χ0n) is 10.1. The SMILES string of the molecule is O=C(O)C(c1ccccc1)c1[nH]c(=O)ccc1[N+](=O)[O-]. The van der Waals surface area contributed by atoms with Crippen LogP contribution in [0.15, 0.2) is 47.3 Å². The van der Waals surface area contributed by atoms with E-state index in [-0.39, 0.29) is 5.69 Å². The number of H-pyrrole nitrogens is 1. The van der Waals surface area contributed by atoms with E-state index in [0.717, 1.165) is 12.1 Å². The van der Waals surface area contributed by atoms with Gasteiger partial charge in [-0.1, -0.05) is 30.3 Å². The summed E-state index contributed by atoms with van der Waals surface area (Å²) in [5, 5.41) is 20.3. The highest BCUT2D eigenvalue weighted by atomic mass is 16.6. The van der Waals surface area contributed by atoms with Crippen LogP contribution in [0.4, 0.5) is 5.69 Å². The molecule has 0 aliphatic carbocycles. The molecule has 0 saturated heterocycles. The largest absolute Gasteiger partial charge is 0.480 e.